The molecule has 0 unspecified atom stereocenters. The highest BCUT2D eigenvalue weighted by Crippen LogP contribution is 1.98. The van der Waals surface area contributed by atoms with Crippen molar-refractivity contribution in [1.29, 1.82) is 0 Å². The normalized spacial score (nSPS) is 10.6. The summed E-state index contributed by atoms with van der Waals surface area (Å²) in [6, 6.07) is 1.71. The summed E-state index contributed by atoms with van der Waals surface area (Å²) in [6.07, 6.45) is 1.54. The van der Waals surface area contributed by atoms with Crippen LogP contribution in [0.5, 0.6) is 0 Å². The summed E-state index contributed by atoms with van der Waals surface area (Å²) < 4.78 is 1.37. The van der Waals surface area contributed by atoms with Gasteiger partial charge in [-0.05, 0) is 6.07 Å². The number of aromatic amines is 1. The maximum Gasteiger partial charge on any atom is 0.294 e. The number of hydrogen-bond acceptors (Lipinski definition) is 3. The first-order valence-corrected chi connectivity index (χ1v) is 3.15. The molecule has 0 saturated heterocycles. The maximum absolute atomic E-state index is 11.2. The summed E-state index contributed by atoms with van der Waals surface area (Å²) in [6.45, 7) is 0. The molecule has 11 heavy (non-hydrogen) atoms. The summed E-state index contributed by atoms with van der Waals surface area (Å²) in [5.74, 6) is 0. The third kappa shape index (κ3) is 0.739. The van der Waals surface area contributed by atoms with Gasteiger partial charge in [0.25, 0.3) is 5.56 Å². The molecular formula is C6H6N4O. The predicted molar refractivity (Wildman–Crippen MR) is 39.1 cm³/mol. The molecular weight excluding hydrogens is 144 g/mol. The third-order valence-corrected chi connectivity index (χ3v) is 1.52. The van der Waals surface area contributed by atoms with Crippen LogP contribution in [0.15, 0.2) is 17.1 Å². The topological polar surface area (TPSA) is 63.6 Å². The number of aryl methyl sites for hydroxylation is 1. The Balaban J connectivity index is 3.04. The first-order valence-electron chi connectivity index (χ1n) is 3.15. The lowest BCUT2D eigenvalue weighted by atomic mass is 10.4. The molecule has 2 aromatic heterocycles. The van der Waals surface area contributed by atoms with Crippen molar-refractivity contribution in [3.63, 3.8) is 0 Å². The predicted octanol–water partition coefficient (Wildman–Crippen LogP) is -0.343. The average molecular weight is 150 g/mol. The van der Waals surface area contributed by atoms with E-state index in [4.69, 9.17) is 0 Å². The number of fused-ring (bicyclic) bond motifs is 1. The Hall–Kier alpha value is -1.65. The molecule has 56 valence electrons. The highest BCUT2D eigenvalue weighted by molar-refractivity contribution is 5.71. The number of aromatic nitrogens is 4. The van der Waals surface area contributed by atoms with E-state index in [1.165, 1.54) is 10.9 Å². The lowest BCUT2D eigenvalue weighted by molar-refractivity contribution is 0.750. The van der Waals surface area contributed by atoms with Crippen LogP contribution in [0.4, 0.5) is 0 Å². The van der Waals surface area contributed by atoms with E-state index in [1.54, 1.807) is 13.1 Å². The first kappa shape index (κ1) is 6.09. The quantitative estimate of drug-likeness (QED) is 0.558. The first-order chi connectivity index (χ1) is 5.29. The molecule has 0 aliphatic heterocycles. The number of hydrogen-bond donors (Lipinski definition) is 1. The van der Waals surface area contributed by atoms with Gasteiger partial charge in [0, 0.05) is 7.05 Å². The monoisotopic (exact) mass is 150 g/mol. The Kier molecular flexibility index (Phi) is 1.06. The van der Waals surface area contributed by atoms with Gasteiger partial charge in [-0.2, -0.15) is 5.10 Å². The number of nitrogens with one attached hydrogen (secondary N) is 1. The lowest BCUT2D eigenvalue weighted by Gasteiger charge is -1.82. The molecule has 0 spiro atoms. The van der Waals surface area contributed by atoms with E-state index in [0.717, 1.165) is 0 Å². The van der Waals surface area contributed by atoms with E-state index in [9.17, 15) is 4.79 Å². The molecule has 0 aromatic carbocycles. The standard InChI is InChI=1S/C6H6N4O/c1-10-6(11)5-4(9-10)2-3-7-8-5/h2-3,9H,1H3. The highest BCUT2D eigenvalue weighted by Gasteiger charge is 2.02. The van der Waals surface area contributed by atoms with Gasteiger partial charge < -0.3 is 0 Å². The second kappa shape index (κ2) is 1.91. The van der Waals surface area contributed by atoms with Gasteiger partial charge in [-0.25, -0.2) is 0 Å². The average Bonchev–Trinajstić information content (AvgIpc) is 2.30. The van der Waals surface area contributed by atoms with Gasteiger partial charge in [0.15, 0.2) is 5.52 Å². The fraction of sp³-hybridized carbons (Fsp3) is 0.167. The molecule has 2 aromatic rings. The van der Waals surface area contributed by atoms with Gasteiger partial charge >= 0.3 is 0 Å². The number of nitrogens with zero attached hydrogens (tertiary/aromatic N) is 3. The Morgan fingerprint density at radius 2 is 2.45 bits per heavy atom. The third-order valence-electron chi connectivity index (χ3n) is 1.52. The molecule has 0 radical (unpaired) electrons. The summed E-state index contributed by atoms with van der Waals surface area (Å²) in [5.41, 5.74) is 0.954. The summed E-state index contributed by atoms with van der Waals surface area (Å²) >= 11 is 0. The lowest BCUT2D eigenvalue weighted by Crippen LogP contribution is -2.12. The van der Waals surface area contributed by atoms with Crippen LogP contribution in [0.25, 0.3) is 11.0 Å². The molecule has 0 fully saturated rings. The Bertz CT molecular complexity index is 441. The molecule has 0 atom stereocenters. The van der Waals surface area contributed by atoms with E-state index < -0.39 is 0 Å². The van der Waals surface area contributed by atoms with Crippen LogP contribution in [0.2, 0.25) is 0 Å². The minimum atomic E-state index is -0.145. The second-order valence-electron chi connectivity index (χ2n) is 2.27. The molecule has 2 heterocycles. The van der Waals surface area contributed by atoms with E-state index in [0.29, 0.717) is 11.0 Å². The van der Waals surface area contributed by atoms with Crippen molar-refractivity contribution in [2.45, 2.75) is 0 Å². The molecule has 0 saturated carbocycles. The van der Waals surface area contributed by atoms with Crippen molar-refractivity contribution < 1.29 is 0 Å². The van der Waals surface area contributed by atoms with Crippen molar-refractivity contribution in [3.05, 3.63) is 22.6 Å². The van der Waals surface area contributed by atoms with E-state index in [1.807, 2.05) is 0 Å². The minimum Gasteiger partial charge on any atom is -0.293 e. The van der Waals surface area contributed by atoms with Gasteiger partial charge in [-0.3, -0.25) is 14.6 Å². The van der Waals surface area contributed by atoms with Crippen LogP contribution in [-0.4, -0.2) is 20.0 Å². The number of H-pyrrole nitrogens is 1. The highest BCUT2D eigenvalue weighted by atomic mass is 16.1. The largest absolute Gasteiger partial charge is 0.294 e. The molecule has 1 N–H and O–H groups in total. The zero-order valence-corrected chi connectivity index (χ0v) is 5.90. The van der Waals surface area contributed by atoms with Crippen molar-refractivity contribution >= 4 is 11.0 Å². The second-order valence-corrected chi connectivity index (χ2v) is 2.27. The Morgan fingerprint density at radius 3 is 3.18 bits per heavy atom. The molecule has 0 bridgehead atoms. The summed E-state index contributed by atoms with van der Waals surface area (Å²) in [4.78, 5) is 11.2. The molecule has 0 amide bonds. The van der Waals surface area contributed by atoms with Crippen LogP contribution >= 0.6 is 0 Å². The van der Waals surface area contributed by atoms with Gasteiger partial charge in [0.1, 0.15) is 0 Å². The fourth-order valence-electron chi connectivity index (χ4n) is 0.970. The molecule has 0 aliphatic rings. The summed E-state index contributed by atoms with van der Waals surface area (Å²) in [7, 11) is 1.64. The van der Waals surface area contributed by atoms with Crippen LogP contribution in [0.1, 0.15) is 0 Å². The smallest absolute Gasteiger partial charge is 0.293 e. The van der Waals surface area contributed by atoms with Crippen molar-refractivity contribution in [3.8, 4) is 0 Å². The van der Waals surface area contributed by atoms with Gasteiger partial charge in [0.05, 0.1) is 11.7 Å². The van der Waals surface area contributed by atoms with Gasteiger partial charge in [0.2, 0.25) is 0 Å². The van der Waals surface area contributed by atoms with E-state index >= 15 is 0 Å². The molecule has 0 aliphatic carbocycles. The van der Waals surface area contributed by atoms with E-state index in [2.05, 4.69) is 15.3 Å². The Morgan fingerprint density at radius 1 is 1.64 bits per heavy atom. The van der Waals surface area contributed by atoms with Crippen LogP contribution < -0.4 is 5.56 Å². The molecule has 5 heteroatoms. The van der Waals surface area contributed by atoms with Crippen molar-refractivity contribution in [1.82, 2.24) is 20.0 Å². The van der Waals surface area contributed by atoms with Gasteiger partial charge in [-0.15, -0.1) is 5.10 Å². The maximum atomic E-state index is 11.2. The van der Waals surface area contributed by atoms with Crippen molar-refractivity contribution in [2.75, 3.05) is 0 Å². The summed E-state index contributed by atoms with van der Waals surface area (Å²) in [5, 5.41) is 10.1. The van der Waals surface area contributed by atoms with Gasteiger partial charge in [-0.1, -0.05) is 0 Å². The van der Waals surface area contributed by atoms with Crippen LogP contribution in [0.3, 0.4) is 0 Å². The fourth-order valence-corrected chi connectivity index (χ4v) is 0.970. The zero-order valence-electron chi connectivity index (χ0n) is 5.90. The molecule has 5 nitrogen and oxygen atoms in total. The van der Waals surface area contributed by atoms with Crippen molar-refractivity contribution in [2.24, 2.45) is 7.05 Å². The number of rotatable bonds is 0. The van der Waals surface area contributed by atoms with Crippen LogP contribution in [-0.2, 0) is 7.05 Å². The van der Waals surface area contributed by atoms with Crippen LogP contribution in [0, 0.1) is 0 Å². The Labute approximate surface area is 61.7 Å². The van der Waals surface area contributed by atoms with E-state index in [-0.39, 0.29) is 5.56 Å². The molecule has 2 rings (SSSR count). The zero-order chi connectivity index (χ0) is 7.84. The minimum absolute atomic E-state index is 0.145. The SMILES string of the molecule is Cn1[nH]c2ccnnc2c1=O.